The van der Waals surface area contributed by atoms with Crippen molar-refractivity contribution in [3.05, 3.63) is 249 Å². The van der Waals surface area contributed by atoms with Crippen molar-refractivity contribution in [2.75, 3.05) is 4.90 Å². The van der Waals surface area contributed by atoms with Crippen molar-refractivity contribution < 1.29 is 0 Å². The van der Waals surface area contributed by atoms with E-state index in [-0.39, 0.29) is 0 Å². The van der Waals surface area contributed by atoms with Gasteiger partial charge in [0.25, 0.3) is 0 Å². The van der Waals surface area contributed by atoms with Crippen LogP contribution in [0.4, 0.5) is 17.1 Å². The van der Waals surface area contributed by atoms with Crippen LogP contribution in [0.25, 0.3) is 77.5 Å². The molecular formula is C58H41N. The molecular weight excluding hydrogens is 711 g/mol. The van der Waals surface area contributed by atoms with Gasteiger partial charge in [-0.05, 0) is 120 Å². The molecule has 0 saturated heterocycles. The predicted octanol–water partition coefficient (Wildman–Crippen LogP) is 16.3. The normalized spacial score (nSPS) is 11.1. The van der Waals surface area contributed by atoms with E-state index in [2.05, 4.69) is 254 Å². The Morgan fingerprint density at radius 2 is 0.593 bits per heavy atom. The number of hydrogen-bond donors (Lipinski definition) is 0. The minimum Gasteiger partial charge on any atom is -0.310 e. The molecule has 0 N–H and O–H groups in total. The lowest BCUT2D eigenvalue weighted by Crippen LogP contribution is -2.10. The van der Waals surface area contributed by atoms with Gasteiger partial charge in [0, 0.05) is 17.1 Å². The second-order valence-electron chi connectivity index (χ2n) is 14.9. The molecule has 0 fully saturated rings. The molecule has 0 aliphatic rings. The summed E-state index contributed by atoms with van der Waals surface area (Å²) in [6.07, 6.45) is 0. The number of benzene rings is 10. The molecule has 0 atom stereocenters. The smallest absolute Gasteiger partial charge is 0.0467 e. The van der Waals surface area contributed by atoms with Crippen molar-refractivity contribution in [2.45, 2.75) is 0 Å². The van der Waals surface area contributed by atoms with Gasteiger partial charge in [-0.1, -0.05) is 206 Å². The Labute approximate surface area is 346 Å². The maximum Gasteiger partial charge on any atom is 0.0467 e. The van der Waals surface area contributed by atoms with Crippen LogP contribution in [0.5, 0.6) is 0 Å². The molecule has 1 nitrogen and oxygen atoms in total. The molecule has 0 amide bonds. The van der Waals surface area contributed by atoms with E-state index in [0.717, 1.165) is 22.6 Å². The fraction of sp³-hybridized carbons (Fsp3) is 0. The highest BCUT2D eigenvalue weighted by Crippen LogP contribution is 2.40. The molecule has 0 aliphatic heterocycles. The monoisotopic (exact) mass is 751 g/mol. The first-order chi connectivity index (χ1) is 29.2. The quantitative estimate of drug-likeness (QED) is 0.142. The molecule has 0 bridgehead atoms. The Bertz CT molecular complexity index is 3000. The lowest BCUT2D eigenvalue weighted by molar-refractivity contribution is 1.28. The van der Waals surface area contributed by atoms with Gasteiger partial charge in [-0.25, -0.2) is 0 Å². The second-order valence-corrected chi connectivity index (χ2v) is 14.9. The zero-order valence-electron chi connectivity index (χ0n) is 32.6. The highest BCUT2D eigenvalue weighted by Gasteiger charge is 2.16. The molecule has 10 rings (SSSR count). The average molecular weight is 752 g/mol. The van der Waals surface area contributed by atoms with Crippen LogP contribution in [0.3, 0.4) is 0 Å². The first-order valence-electron chi connectivity index (χ1n) is 20.2. The predicted molar refractivity (Wildman–Crippen MR) is 251 cm³/mol. The third kappa shape index (κ3) is 7.34. The van der Waals surface area contributed by atoms with Gasteiger partial charge in [-0.2, -0.15) is 0 Å². The van der Waals surface area contributed by atoms with Crippen LogP contribution in [0, 0.1) is 0 Å². The Morgan fingerprint density at radius 3 is 1.24 bits per heavy atom. The van der Waals surface area contributed by atoms with E-state index in [1.54, 1.807) is 0 Å². The van der Waals surface area contributed by atoms with Crippen LogP contribution >= 0.6 is 0 Å². The summed E-state index contributed by atoms with van der Waals surface area (Å²) in [6, 6.07) is 89.7. The summed E-state index contributed by atoms with van der Waals surface area (Å²) < 4.78 is 0. The van der Waals surface area contributed by atoms with Gasteiger partial charge in [0.05, 0.1) is 0 Å². The molecule has 59 heavy (non-hydrogen) atoms. The molecule has 0 heterocycles. The lowest BCUT2D eigenvalue weighted by Gasteiger charge is -2.26. The van der Waals surface area contributed by atoms with E-state index in [1.165, 1.54) is 72.0 Å². The van der Waals surface area contributed by atoms with E-state index < -0.39 is 0 Å². The third-order valence-corrected chi connectivity index (χ3v) is 11.3. The molecule has 10 aromatic carbocycles. The summed E-state index contributed by atoms with van der Waals surface area (Å²) in [5, 5.41) is 2.51. The zero-order valence-corrected chi connectivity index (χ0v) is 32.6. The summed E-state index contributed by atoms with van der Waals surface area (Å²) in [4.78, 5) is 2.37. The van der Waals surface area contributed by atoms with Crippen LogP contribution in [-0.2, 0) is 0 Å². The standard InChI is InChI=1S/C58H41N/c1-3-14-42(15-4-1)43-28-30-44(31-29-43)45-32-36-52(37-33-45)59(53-38-34-48(35-39-53)57-26-10-9-25-55(57)46-16-5-2-6-17-46)54-23-12-21-50(41-54)49-20-11-22-51(40-49)58-27-13-19-47-18-7-8-24-56(47)58/h1-41H. The second kappa shape index (κ2) is 16.0. The lowest BCUT2D eigenvalue weighted by atomic mass is 9.94. The number of nitrogens with zero attached hydrogens (tertiary/aromatic N) is 1. The summed E-state index contributed by atoms with van der Waals surface area (Å²) in [5.41, 5.74) is 17.7. The highest BCUT2D eigenvalue weighted by atomic mass is 15.1. The molecule has 0 radical (unpaired) electrons. The maximum atomic E-state index is 2.37. The van der Waals surface area contributed by atoms with Crippen molar-refractivity contribution in [3.63, 3.8) is 0 Å². The van der Waals surface area contributed by atoms with E-state index in [1.807, 2.05) is 0 Å². The fourth-order valence-corrected chi connectivity index (χ4v) is 8.30. The highest BCUT2D eigenvalue weighted by molar-refractivity contribution is 5.97. The third-order valence-electron chi connectivity index (χ3n) is 11.3. The average Bonchev–Trinajstić information content (AvgIpc) is 3.33. The molecule has 0 saturated carbocycles. The Hall–Kier alpha value is -7.74. The Morgan fingerprint density at radius 1 is 0.203 bits per heavy atom. The Balaban J connectivity index is 1.03. The first kappa shape index (κ1) is 35.7. The van der Waals surface area contributed by atoms with Gasteiger partial charge < -0.3 is 4.90 Å². The van der Waals surface area contributed by atoms with Gasteiger partial charge >= 0.3 is 0 Å². The molecule has 278 valence electrons. The Kier molecular flexibility index (Phi) is 9.68. The van der Waals surface area contributed by atoms with Crippen molar-refractivity contribution >= 4 is 27.8 Å². The fourth-order valence-electron chi connectivity index (χ4n) is 8.30. The van der Waals surface area contributed by atoms with Crippen LogP contribution < -0.4 is 4.90 Å². The minimum atomic E-state index is 1.09. The molecule has 10 aromatic rings. The number of rotatable bonds is 9. The minimum absolute atomic E-state index is 1.09. The zero-order chi connectivity index (χ0) is 39.4. The van der Waals surface area contributed by atoms with E-state index >= 15 is 0 Å². The van der Waals surface area contributed by atoms with E-state index in [4.69, 9.17) is 0 Å². The molecule has 0 aliphatic carbocycles. The van der Waals surface area contributed by atoms with Crippen LogP contribution in [-0.4, -0.2) is 0 Å². The van der Waals surface area contributed by atoms with E-state index in [9.17, 15) is 0 Å². The van der Waals surface area contributed by atoms with Crippen molar-refractivity contribution in [1.29, 1.82) is 0 Å². The molecule has 0 spiro atoms. The van der Waals surface area contributed by atoms with E-state index in [0.29, 0.717) is 0 Å². The molecule has 1 heteroatoms. The number of anilines is 3. The topological polar surface area (TPSA) is 3.24 Å². The first-order valence-corrected chi connectivity index (χ1v) is 20.2. The maximum absolute atomic E-state index is 2.37. The van der Waals surface area contributed by atoms with Gasteiger partial charge in [-0.3, -0.25) is 0 Å². The number of hydrogen-bond acceptors (Lipinski definition) is 1. The molecule has 0 aromatic heterocycles. The van der Waals surface area contributed by atoms with Gasteiger partial charge in [0.2, 0.25) is 0 Å². The summed E-state index contributed by atoms with van der Waals surface area (Å²) in [7, 11) is 0. The van der Waals surface area contributed by atoms with Crippen LogP contribution in [0.2, 0.25) is 0 Å². The van der Waals surface area contributed by atoms with Crippen molar-refractivity contribution in [2.24, 2.45) is 0 Å². The summed E-state index contributed by atoms with van der Waals surface area (Å²) in [6.45, 7) is 0. The summed E-state index contributed by atoms with van der Waals surface area (Å²) >= 11 is 0. The SMILES string of the molecule is c1ccc(-c2ccc(-c3ccc(N(c4ccc(-c5ccccc5-c5ccccc5)cc4)c4cccc(-c5cccc(-c6cccc7ccccc67)c5)c4)cc3)cc2)cc1. The summed E-state index contributed by atoms with van der Waals surface area (Å²) in [5.74, 6) is 0. The van der Waals surface area contributed by atoms with Crippen molar-refractivity contribution in [3.8, 4) is 66.8 Å². The van der Waals surface area contributed by atoms with Gasteiger partial charge in [0.15, 0.2) is 0 Å². The van der Waals surface area contributed by atoms with Crippen LogP contribution in [0.15, 0.2) is 249 Å². The van der Waals surface area contributed by atoms with Gasteiger partial charge in [0.1, 0.15) is 0 Å². The van der Waals surface area contributed by atoms with Crippen LogP contribution in [0.1, 0.15) is 0 Å². The largest absolute Gasteiger partial charge is 0.310 e. The van der Waals surface area contributed by atoms with Crippen molar-refractivity contribution in [1.82, 2.24) is 0 Å². The number of fused-ring (bicyclic) bond motifs is 1. The van der Waals surface area contributed by atoms with Gasteiger partial charge in [-0.15, -0.1) is 0 Å². The molecule has 0 unspecified atom stereocenters.